The Kier molecular flexibility index (Phi) is 2.85. The number of nitrogens with zero attached hydrogens (tertiary/aromatic N) is 1. The lowest BCUT2D eigenvalue weighted by Gasteiger charge is -2.51. The first-order valence-corrected chi connectivity index (χ1v) is 9.08. The second-order valence-corrected chi connectivity index (χ2v) is 8.07. The average molecular weight is 371 g/mol. The topological polar surface area (TPSA) is 43.4 Å². The number of allylic oxidation sites excluding steroid dienone is 4. The predicted molar refractivity (Wildman–Crippen MR) is 90.3 cm³/mol. The molecular formula is C19H17BrNO2-. The van der Waals surface area contributed by atoms with Crippen molar-refractivity contribution in [3.63, 3.8) is 0 Å². The van der Waals surface area contributed by atoms with E-state index in [0.29, 0.717) is 11.8 Å². The molecule has 0 fully saturated rings. The molecule has 5 rings (SSSR count). The van der Waals surface area contributed by atoms with Gasteiger partial charge in [-0.25, -0.2) is 0 Å². The van der Waals surface area contributed by atoms with E-state index < -0.39 is 12.0 Å². The zero-order valence-electron chi connectivity index (χ0n) is 12.6. The van der Waals surface area contributed by atoms with Crippen LogP contribution in [-0.2, 0) is 4.79 Å². The number of benzene rings is 1. The van der Waals surface area contributed by atoms with Crippen LogP contribution in [0.2, 0.25) is 0 Å². The molecule has 4 aliphatic rings. The Morgan fingerprint density at radius 3 is 2.61 bits per heavy atom. The molecule has 0 N–H and O–H groups in total. The second kappa shape index (κ2) is 4.73. The summed E-state index contributed by atoms with van der Waals surface area (Å²) in [4.78, 5) is 14.1. The first-order valence-electron chi connectivity index (χ1n) is 8.29. The quantitative estimate of drug-likeness (QED) is 0.713. The highest BCUT2D eigenvalue weighted by molar-refractivity contribution is 9.10. The van der Waals surface area contributed by atoms with Crippen LogP contribution in [0, 0.1) is 11.8 Å². The molecule has 4 heteroatoms. The van der Waals surface area contributed by atoms with Gasteiger partial charge in [-0.05, 0) is 47.9 Å². The second-order valence-electron chi connectivity index (χ2n) is 7.15. The molecular weight excluding hydrogens is 354 g/mol. The van der Waals surface area contributed by atoms with Gasteiger partial charge in [0.15, 0.2) is 0 Å². The summed E-state index contributed by atoms with van der Waals surface area (Å²) in [6.07, 6.45) is 10.7. The summed E-state index contributed by atoms with van der Waals surface area (Å²) in [6.45, 7) is 0.821. The van der Waals surface area contributed by atoms with Gasteiger partial charge in [0.05, 0.1) is 12.0 Å². The third-order valence-electron chi connectivity index (χ3n) is 6.06. The summed E-state index contributed by atoms with van der Waals surface area (Å²) < 4.78 is 1.10. The van der Waals surface area contributed by atoms with Gasteiger partial charge in [0.1, 0.15) is 0 Å². The van der Waals surface area contributed by atoms with Crippen LogP contribution in [0.15, 0.2) is 40.9 Å². The van der Waals surface area contributed by atoms with Crippen LogP contribution < -0.4 is 10.0 Å². The molecule has 0 radical (unpaired) electrons. The Balaban J connectivity index is 1.78. The van der Waals surface area contributed by atoms with Gasteiger partial charge >= 0.3 is 0 Å². The van der Waals surface area contributed by atoms with Crippen LogP contribution in [0.4, 0.5) is 5.69 Å². The number of hydrogen-bond donors (Lipinski definition) is 0. The minimum Gasteiger partial charge on any atom is -0.548 e. The molecule has 0 aromatic heterocycles. The van der Waals surface area contributed by atoms with Crippen LogP contribution in [0.25, 0.3) is 0 Å². The number of rotatable bonds is 1. The fraction of sp³-hybridized carbons (Fsp3) is 0.421. The third kappa shape index (κ3) is 1.78. The minimum absolute atomic E-state index is 0.0977. The van der Waals surface area contributed by atoms with Gasteiger partial charge in [-0.2, -0.15) is 0 Å². The molecule has 23 heavy (non-hydrogen) atoms. The van der Waals surface area contributed by atoms with Gasteiger partial charge in [-0.1, -0.05) is 40.2 Å². The van der Waals surface area contributed by atoms with Crippen molar-refractivity contribution in [2.24, 2.45) is 11.8 Å². The molecule has 0 spiro atoms. The molecule has 1 aromatic carbocycles. The standard InChI is InChI=1S/C19H18BrNO2/c20-11-7-15-12-4-1-3-10(12)9-21-17(15)16(8-11)13-5-2-6-14(13)18(21)19(22)23/h1-2,4-5,7-8,10,12-14,18H,3,6,9H2,(H,22,23)/p-1/t10-,12+,13+,14+,18+/m1/s1. The monoisotopic (exact) mass is 370 g/mol. The van der Waals surface area contributed by atoms with E-state index in [2.05, 4.69) is 57.3 Å². The number of carboxylic acid groups (broad SMARTS) is 1. The maximum absolute atomic E-state index is 12.0. The fourth-order valence-electron chi connectivity index (χ4n) is 5.19. The van der Waals surface area contributed by atoms with E-state index >= 15 is 0 Å². The number of carboxylic acids is 1. The van der Waals surface area contributed by atoms with Crippen molar-refractivity contribution in [3.8, 4) is 0 Å². The number of anilines is 1. The van der Waals surface area contributed by atoms with Crippen molar-refractivity contribution in [3.05, 3.63) is 52.0 Å². The Morgan fingerprint density at radius 2 is 1.83 bits per heavy atom. The fourth-order valence-corrected chi connectivity index (χ4v) is 5.69. The van der Waals surface area contributed by atoms with Gasteiger partial charge in [-0.15, -0.1) is 0 Å². The smallest absolute Gasteiger partial charge is 0.0727 e. The molecule has 5 atom stereocenters. The molecule has 2 aliphatic carbocycles. The summed E-state index contributed by atoms with van der Waals surface area (Å²) in [7, 11) is 0. The van der Waals surface area contributed by atoms with Gasteiger partial charge < -0.3 is 14.8 Å². The normalized spacial score (nSPS) is 35.9. The molecule has 2 aliphatic heterocycles. The van der Waals surface area contributed by atoms with Gasteiger partial charge in [-0.3, -0.25) is 0 Å². The Morgan fingerprint density at radius 1 is 1.13 bits per heavy atom. The van der Waals surface area contributed by atoms with Crippen molar-refractivity contribution >= 4 is 27.6 Å². The molecule has 0 unspecified atom stereocenters. The van der Waals surface area contributed by atoms with Crippen LogP contribution in [0.1, 0.15) is 35.8 Å². The lowest BCUT2D eigenvalue weighted by molar-refractivity contribution is -0.309. The maximum atomic E-state index is 12.0. The summed E-state index contributed by atoms with van der Waals surface area (Å²) in [6, 6.07) is 3.86. The molecule has 2 heterocycles. The van der Waals surface area contributed by atoms with Crippen LogP contribution in [-0.4, -0.2) is 18.6 Å². The third-order valence-corrected chi connectivity index (χ3v) is 6.51. The Bertz CT molecular complexity index is 752. The van der Waals surface area contributed by atoms with Crippen molar-refractivity contribution in [1.29, 1.82) is 0 Å². The highest BCUT2D eigenvalue weighted by Crippen LogP contribution is 2.55. The van der Waals surface area contributed by atoms with Gasteiger partial charge in [0.2, 0.25) is 0 Å². The highest BCUT2D eigenvalue weighted by atomic mass is 79.9. The predicted octanol–water partition coefficient (Wildman–Crippen LogP) is 2.72. The maximum Gasteiger partial charge on any atom is 0.0727 e. The van der Waals surface area contributed by atoms with Crippen LogP contribution in [0.5, 0.6) is 0 Å². The minimum atomic E-state index is -0.923. The molecule has 0 bridgehead atoms. The summed E-state index contributed by atoms with van der Waals surface area (Å²) in [5.74, 6) is 0.273. The number of carbonyl (C=O) groups is 1. The summed E-state index contributed by atoms with van der Waals surface area (Å²) in [5, 5.41) is 12.0. The van der Waals surface area contributed by atoms with E-state index in [1.54, 1.807) is 0 Å². The molecule has 0 saturated carbocycles. The molecule has 0 saturated heterocycles. The number of aliphatic carboxylic acids is 1. The lowest BCUT2D eigenvalue weighted by Crippen LogP contribution is -2.58. The van der Waals surface area contributed by atoms with Crippen molar-refractivity contribution in [1.82, 2.24) is 0 Å². The number of hydrogen-bond acceptors (Lipinski definition) is 3. The first-order chi connectivity index (χ1) is 11.1. The SMILES string of the molecule is O=C([O-])[C@@H]1[C@H]2CC=C[C@@H]2c2cc(Br)cc3c2N1C[C@H]1CC=C[C@H]31. The van der Waals surface area contributed by atoms with E-state index in [9.17, 15) is 9.90 Å². The van der Waals surface area contributed by atoms with Crippen molar-refractivity contribution < 1.29 is 9.90 Å². The van der Waals surface area contributed by atoms with Crippen LogP contribution >= 0.6 is 15.9 Å². The first kappa shape index (κ1) is 13.8. The zero-order chi connectivity index (χ0) is 15.7. The van der Waals surface area contributed by atoms with E-state index in [-0.39, 0.29) is 11.8 Å². The number of halogens is 1. The van der Waals surface area contributed by atoms with Crippen molar-refractivity contribution in [2.45, 2.75) is 30.7 Å². The average Bonchev–Trinajstić information content (AvgIpc) is 3.15. The van der Waals surface area contributed by atoms with Gasteiger partial charge in [0.25, 0.3) is 0 Å². The molecule has 0 amide bonds. The van der Waals surface area contributed by atoms with Gasteiger partial charge in [0, 0.05) is 28.5 Å². The van der Waals surface area contributed by atoms with Crippen LogP contribution in [0.3, 0.4) is 0 Å². The Hall–Kier alpha value is -1.55. The largest absolute Gasteiger partial charge is 0.548 e. The van der Waals surface area contributed by atoms with Crippen molar-refractivity contribution in [2.75, 3.05) is 11.4 Å². The van der Waals surface area contributed by atoms with E-state index in [0.717, 1.165) is 29.5 Å². The van der Waals surface area contributed by atoms with E-state index in [1.807, 2.05) is 0 Å². The summed E-state index contributed by atoms with van der Waals surface area (Å²) in [5.41, 5.74) is 3.72. The lowest BCUT2D eigenvalue weighted by atomic mass is 9.72. The Labute approximate surface area is 143 Å². The zero-order valence-corrected chi connectivity index (χ0v) is 14.2. The molecule has 3 nitrogen and oxygen atoms in total. The number of carbonyl (C=O) groups excluding carboxylic acids is 1. The molecule has 1 aromatic rings. The van der Waals surface area contributed by atoms with E-state index in [1.165, 1.54) is 11.1 Å². The number of fused-ring (bicyclic) bond motifs is 4. The summed E-state index contributed by atoms with van der Waals surface area (Å²) >= 11 is 3.67. The highest BCUT2D eigenvalue weighted by Gasteiger charge is 2.47. The van der Waals surface area contributed by atoms with E-state index in [4.69, 9.17) is 0 Å². The molecule has 118 valence electrons.